The molecule has 4 aromatic rings. The number of halogens is 1. The number of amides is 1. The maximum Gasteiger partial charge on any atom is 0.275 e. The van der Waals surface area contributed by atoms with E-state index in [1.54, 1.807) is 22.9 Å². The Hall–Kier alpha value is -3.84. The molecule has 0 aliphatic carbocycles. The van der Waals surface area contributed by atoms with E-state index in [0.717, 1.165) is 16.6 Å². The maximum atomic E-state index is 13.8. The molecule has 1 aliphatic rings. The Morgan fingerprint density at radius 1 is 0.917 bits per heavy atom. The molecule has 1 N–H and O–H groups in total. The predicted octanol–water partition coefficient (Wildman–Crippen LogP) is 4.23. The molecule has 184 valence electrons. The number of aromatic nitrogens is 2. The Labute approximate surface area is 209 Å². The summed E-state index contributed by atoms with van der Waals surface area (Å²) in [5.74, 6) is -0.311. The molecule has 2 heterocycles. The van der Waals surface area contributed by atoms with Gasteiger partial charge in [0.15, 0.2) is 0 Å². The van der Waals surface area contributed by atoms with Crippen molar-refractivity contribution >= 4 is 16.7 Å². The van der Waals surface area contributed by atoms with Gasteiger partial charge in [-0.2, -0.15) is 5.10 Å². The number of carbonyl (C=O) groups is 1. The summed E-state index contributed by atoms with van der Waals surface area (Å²) in [5.41, 5.74) is 2.25. The molecule has 0 radical (unpaired) electrons. The third-order valence-corrected chi connectivity index (χ3v) is 6.86. The van der Waals surface area contributed by atoms with Crippen LogP contribution in [0, 0.1) is 11.7 Å². The van der Waals surface area contributed by atoms with Crippen molar-refractivity contribution in [3.8, 4) is 11.3 Å². The highest BCUT2D eigenvalue weighted by atomic mass is 19.1. The lowest BCUT2D eigenvalue weighted by molar-refractivity contribution is -0.126. The minimum atomic E-state index is -0.243. The molecule has 0 saturated carbocycles. The number of piperidine rings is 1. The normalized spacial score (nSPS) is 14.7. The van der Waals surface area contributed by atoms with Crippen molar-refractivity contribution < 1.29 is 9.18 Å². The van der Waals surface area contributed by atoms with Crippen LogP contribution in [0.1, 0.15) is 18.4 Å². The summed E-state index contributed by atoms with van der Waals surface area (Å²) in [6.07, 6.45) is 1.89. The van der Waals surface area contributed by atoms with Gasteiger partial charge in [-0.3, -0.25) is 14.5 Å². The standard InChI is InChI=1S/C29H29FN4O2/c30-26-13-7-4-8-21(26)14-17-31-28(35)23-15-18-33(19-16-23)20-34-29(36)25-12-6-5-11-24(25)27(32-34)22-9-2-1-3-10-22/h1-13,23H,14-20H2,(H,31,35). The van der Waals surface area contributed by atoms with Crippen molar-refractivity contribution in [2.75, 3.05) is 19.6 Å². The zero-order chi connectivity index (χ0) is 24.9. The number of benzene rings is 3. The molecule has 1 aromatic heterocycles. The average molecular weight is 485 g/mol. The van der Waals surface area contributed by atoms with Gasteiger partial charge in [0.05, 0.1) is 17.7 Å². The van der Waals surface area contributed by atoms with Crippen molar-refractivity contribution in [2.24, 2.45) is 5.92 Å². The van der Waals surface area contributed by atoms with Crippen LogP contribution in [0.5, 0.6) is 0 Å². The second kappa shape index (κ2) is 10.8. The number of fused-ring (bicyclic) bond motifs is 1. The lowest BCUT2D eigenvalue weighted by atomic mass is 9.96. The van der Waals surface area contributed by atoms with Crippen LogP contribution in [-0.4, -0.2) is 40.2 Å². The van der Waals surface area contributed by atoms with E-state index < -0.39 is 0 Å². The molecule has 1 aliphatic heterocycles. The third-order valence-electron chi connectivity index (χ3n) is 6.86. The number of hydrogen-bond donors (Lipinski definition) is 1. The Morgan fingerprint density at radius 2 is 1.58 bits per heavy atom. The van der Waals surface area contributed by atoms with Gasteiger partial charge in [0.25, 0.3) is 5.56 Å². The van der Waals surface area contributed by atoms with Crippen LogP contribution < -0.4 is 10.9 Å². The number of carbonyl (C=O) groups excluding carboxylic acids is 1. The number of rotatable bonds is 7. The Balaban J connectivity index is 1.22. The number of likely N-dealkylation sites (tertiary alicyclic amines) is 1. The molecule has 0 atom stereocenters. The van der Waals surface area contributed by atoms with Gasteiger partial charge < -0.3 is 5.32 Å². The van der Waals surface area contributed by atoms with Gasteiger partial charge in [0.1, 0.15) is 5.82 Å². The van der Waals surface area contributed by atoms with Gasteiger partial charge in [-0.15, -0.1) is 0 Å². The molecule has 6 nitrogen and oxygen atoms in total. The summed E-state index contributed by atoms with van der Waals surface area (Å²) < 4.78 is 15.3. The molecular formula is C29H29FN4O2. The first kappa shape index (κ1) is 23.9. The maximum absolute atomic E-state index is 13.8. The van der Waals surface area contributed by atoms with E-state index in [1.165, 1.54) is 6.07 Å². The lowest BCUT2D eigenvalue weighted by Crippen LogP contribution is -2.43. The SMILES string of the molecule is O=C(NCCc1ccccc1F)C1CCN(Cn2nc(-c3ccccc3)c3ccccc3c2=O)CC1. The minimum Gasteiger partial charge on any atom is -0.356 e. The van der Waals surface area contributed by atoms with E-state index in [9.17, 15) is 14.0 Å². The largest absolute Gasteiger partial charge is 0.356 e. The van der Waals surface area contributed by atoms with Crippen molar-refractivity contribution in [3.05, 3.63) is 101 Å². The summed E-state index contributed by atoms with van der Waals surface area (Å²) in [4.78, 5) is 28.0. The summed E-state index contributed by atoms with van der Waals surface area (Å²) in [6.45, 7) is 2.20. The number of nitrogens with one attached hydrogen (secondary N) is 1. The fourth-order valence-electron chi connectivity index (χ4n) is 4.83. The Bertz CT molecular complexity index is 1410. The van der Waals surface area contributed by atoms with E-state index in [2.05, 4.69) is 10.2 Å². The van der Waals surface area contributed by atoms with Crippen LogP contribution in [0.3, 0.4) is 0 Å². The van der Waals surface area contributed by atoms with Gasteiger partial charge in [-0.05, 0) is 37.0 Å². The van der Waals surface area contributed by atoms with Crippen LogP contribution in [0.25, 0.3) is 22.0 Å². The zero-order valence-corrected chi connectivity index (χ0v) is 20.1. The third kappa shape index (κ3) is 5.21. The van der Waals surface area contributed by atoms with Crippen molar-refractivity contribution in [1.29, 1.82) is 0 Å². The second-order valence-corrected chi connectivity index (χ2v) is 9.23. The van der Waals surface area contributed by atoms with Gasteiger partial charge in [0, 0.05) is 36.5 Å². The van der Waals surface area contributed by atoms with E-state index in [4.69, 9.17) is 5.10 Å². The first-order valence-electron chi connectivity index (χ1n) is 12.4. The molecule has 3 aromatic carbocycles. The van der Waals surface area contributed by atoms with Crippen LogP contribution in [0.15, 0.2) is 83.7 Å². The highest BCUT2D eigenvalue weighted by molar-refractivity contribution is 5.93. The van der Waals surface area contributed by atoms with E-state index in [1.807, 2.05) is 54.6 Å². The highest BCUT2D eigenvalue weighted by Gasteiger charge is 2.25. The molecule has 36 heavy (non-hydrogen) atoms. The molecule has 1 fully saturated rings. The second-order valence-electron chi connectivity index (χ2n) is 9.23. The van der Waals surface area contributed by atoms with Gasteiger partial charge in [-0.25, -0.2) is 9.07 Å². The molecule has 1 saturated heterocycles. The van der Waals surface area contributed by atoms with Gasteiger partial charge in [-0.1, -0.05) is 66.7 Å². The molecular weight excluding hydrogens is 455 g/mol. The fraction of sp³-hybridized carbons (Fsp3) is 0.276. The first-order valence-corrected chi connectivity index (χ1v) is 12.4. The number of nitrogens with zero attached hydrogens (tertiary/aromatic N) is 3. The van der Waals surface area contributed by atoms with Gasteiger partial charge in [0.2, 0.25) is 5.91 Å². The Kier molecular flexibility index (Phi) is 7.18. The Morgan fingerprint density at radius 3 is 2.33 bits per heavy atom. The average Bonchev–Trinajstić information content (AvgIpc) is 2.92. The smallest absolute Gasteiger partial charge is 0.275 e. The highest BCUT2D eigenvalue weighted by Crippen LogP contribution is 2.25. The molecule has 7 heteroatoms. The minimum absolute atomic E-state index is 0.0124. The molecule has 1 amide bonds. The van der Waals surface area contributed by atoms with E-state index in [0.29, 0.717) is 56.5 Å². The quantitative estimate of drug-likeness (QED) is 0.426. The zero-order valence-electron chi connectivity index (χ0n) is 20.1. The lowest BCUT2D eigenvalue weighted by Gasteiger charge is -2.31. The molecule has 0 bridgehead atoms. The molecule has 0 spiro atoms. The first-order chi connectivity index (χ1) is 17.6. The van der Waals surface area contributed by atoms with E-state index >= 15 is 0 Å². The summed E-state index contributed by atoms with van der Waals surface area (Å²) in [5, 5.41) is 9.20. The van der Waals surface area contributed by atoms with Crippen molar-refractivity contribution in [2.45, 2.75) is 25.9 Å². The number of hydrogen-bond acceptors (Lipinski definition) is 4. The van der Waals surface area contributed by atoms with Crippen LogP contribution in [0.2, 0.25) is 0 Å². The van der Waals surface area contributed by atoms with Crippen molar-refractivity contribution in [3.63, 3.8) is 0 Å². The summed E-state index contributed by atoms with van der Waals surface area (Å²) in [7, 11) is 0. The van der Waals surface area contributed by atoms with Crippen LogP contribution >= 0.6 is 0 Å². The summed E-state index contributed by atoms with van der Waals surface area (Å²) >= 11 is 0. The monoisotopic (exact) mass is 484 g/mol. The topological polar surface area (TPSA) is 67.2 Å². The molecule has 5 rings (SSSR count). The predicted molar refractivity (Wildman–Crippen MR) is 139 cm³/mol. The summed E-state index contributed by atoms with van der Waals surface area (Å²) in [6, 6.07) is 24.1. The fourth-order valence-corrected chi connectivity index (χ4v) is 4.83. The van der Waals surface area contributed by atoms with Crippen molar-refractivity contribution in [1.82, 2.24) is 20.0 Å². The van der Waals surface area contributed by atoms with E-state index in [-0.39, 0.29) is 23.2 Å². The molecule has 0 unspecified atom stereocenters. The van der Waals surface area contributed by atoms with Crippen LogP contribution in [-0.2, 0) is 17.9 Å². The van der Waals surface area contributed by atoms with Crippen LogP contribution in [0.4, 0.5) is 4.39 Å². The van der Waals surface area contributed by atoms with Gasteiger partial charge >= 0.3 is 0 Å².